The van der Waals surface area contributed by atoms with Gasteiger partial charge in [-0.3, -0.25) is 0 Å². The molecule has 0 radical (unpaired) electrons. The first-order valence-corrected chi connectivity index (χ1v) is 7.41. The van der Waals surface area contributed by atoms with E-state index in [2.05, 4.69) is 0 Å². The molecule has 0 unspecified atom stereocenters. The summed E-state index contributed by atoms with van der Waals surface area (Å²) in [5, 5.41) is 0. The van der Waals surface area contributed by atoms with Gasteiger partial charge in [-0.1, -0.05) is 12.1 Å². The van der Waals surface area contributed by atoms with Crippen LogP contribution in [0.3, 0.4) is 0 Å². The van der Waals surface area contributed by atoms with Crippen molar-refractivity contribution in [2.45, 2.75) is 12.2 Å². The second-order valence-corrected chi connectivity index (χ2v) is 6.67. The van der Waals surface area contributed by atoms with E-state index in [1.54, 1.807) is 24.3 Å². The summed E-state index contributed by atoms with van der Waals surface area (Å²) in [5.41, 5.74) is 7.00. The fourth-order valence-corrected chi connectivity index (χ4v) is 2.95. The van der Waals surface area contributed by atoms with E-state index in [-0.39, 0.29) is 11.5 Å². The van der Waals surface area contributed by atoms with Gasteiger partial charge in [-0.25, -0.2) is 8.42 Å². The molecule has 96 valence electrons. The fourth-order valence-electron chi connectivity index (χ4n) is 1.54. The zero-order valence-electron chi connectivity index (χ0n) is 10.4. The monoisotopic (exact) mass is 256 g/mol. The van der Waals surface area contributed by atoms with Crippen LogP contribution in [-0.4, -0.2) is 39.7 Å². The van der Waals surface area contributed by atoms with Gasteiger partial charge in [-0.2, -0.15) is 0 Å². The Kier molecular flexibility index (Phi) is 4.96. The zero-order chi connectivity index (χ0) is 12.9. The number of anilines is 1. The van der Waals surface area contributed by atoms with Crippen LogP contribution in [-0.2, 0) is 15.6 Å². The average Bonchev–Trinajstić information content (AvgIpc) is 2.20. The van der Waals surface area contributed by atoms with E-state index in [1.165, 1.54) is 0 Å². The molecule has 2 N–H and O–H groups in total. The molecule has 0 saturated carbocycles. The Morgan fingerprint density at radius 1 is 1.18 bits per heavy atom. The number of benzene rings is 1. The highest BCUT2D eigenvalue weighted by molar-refractivity contribution is 7.90. The molecule has 0 heterocycles. The van der Waals surface area contributed by atoms with Crippen LogP contribution in [0.5, 0.6) is 0 Å². The minimum atomic E-state index is -3.01. The van der Waals surface area contributed by atoms with Crippen LogP contribution in [0.15, 0.2) is 24.3 Å². The van der Waals surface area contributed by atoms with Crippen molar-refractivity contribution in [2.24, 2.45) is 0 Å². The Bertz CT molecular complexity index is 438. The Morgan fingerprint density at radius 2 is 1.76 bits per heavy atom. The molecule has 0 bridgehead atoms. The first kappa shape index (κ1) is 14.0. The third kappa shape index (κ3) is 5.70. The van der Waals surface area contributed by atoms with Gasteiger partial charge < -0.3 is 10.6 Å². The molecular formula is C12H20N2O2S. The van der Waals surface area contributed by atoms with Crippen molar-refractivity contribution in [3.63, 3.8) is 0 Å². The Balaban J connectivity index is 2.52. The van der Waals surface area contributed by atoms with E-state index in [0.717, 1.165) is 12.1 Å². The smallest absolute Gasteiger partial charge is 0.154 e. The maximum atomic E-state index is 11.8. The third-order valence-corrected chi connectivity index (χ3v) is 4.11. The third-order valence-electron chi connectivity index (χ3n) is 2.43. The first-order chi connectivity index (χ1) is 7.89. The number of rotatable bonds is 6. The molecule has 0 fully saturated rings. The Labute approximate surface area is 103 Å². The molecular weight excluding hydrogens is 236 g/mol. The lowest BCUT2D eigenvalue weighted by Crippen LogP contribution is -2.18. The predicted octanol–water partition coefficient (Wildman–Crippen LogP) is 1.14. The van der Waals surface area contributed by atoms with Crippen LogP contribution in [0.4, 0.5) is 5.69 Å². The quantitative estimate of drug-likeness (QED) is 0.775. The molecule has 17 heavy (non-hydrogen) atoms. The van der Waals surface area contributed by atoms with Crippen LogP contribution < -0.4 is 5.73 Å². The van der Waals surface area contributed by atoms with E-state index in [9.17, 15) is 8.42 Å². The van der Waals surface area contributed by atoms with Gasteiger partial charge in [0.15, 0.2) is 9.84 Å². The average molecular weight is 256 g/mol. The molecule has 5 heteroatoms. The number of hydrogen-bond donors (Lipinski definition) is 1. The van der Waals surface area contributed by atoms with E-state index >= 15 is 0 Å². The highest BCUT2D eigenvalue weighted by Crippen LogP contribution is 2.10. The summed E-state index contributed by atoms with van der Waals surface area (Å²) >= 11 is 0. The van der Waals surface area contributed by atoms with Crippen LogP contribution in [0.1, 0.15) is 12.0 Å². The maximum absolute atomic E-state index is 11.8. The van der Waals surface area contributed by atoms with Gasteiger partial charge in [0, 0.05) is 5.69 Å². The Hall–Kier alpha value is -1.07. The summed E-state index contributed by atoms with van der Waals surface area (Å²) in [6.07, 6.45) is 0.671. The van der Waals surface area contributed by atoms with Gasteiger partial charge in [-0.05, 0) is 44.8 Å². The summed E-state index contributed by atoms with van der Waals surface area (Å²) in [6.45, 7) is 0.793. The minimum Gasteiger partial charge on any atom is -0.399 e. The van der Waals surface area contributed by atoms with Crippen molar-refractivity contribution in [1.82, 2.24) is 4.90 Å². The second-order valence-electron chi connectivity index (χ2n) is 4.49. The molecule has 0 aliphatic rings. The lowest BCUT2D eigenvalue weighted by Gasteiger charge is -2.09. The van der Waals surface area contributed by atoms with Crippen LogP contribution in [0.25, 0.3) is 0 Å². The standard InChI is InChI=1S/C12H20N2O2S/c1-14(2)8-3-9-17(15,16)10-11-4-6-12(13)7-5-11/h4-7H,3,8-10,13H2,1-2H3. The predicted molar refractivity (Wildman–Crippen MR) is 71.5 cm³/mol. The SMILES string of the molecule is CN(C)CCCS(=O)(=O)Cc1ccc(N)cc1. The number of nitrogens with zero attached hydrogens (tertiary/aromatic N) is 1. The molecule has 0 spiro atoms. The largest absolute Gasteiger partial charge is 0.399 e. The Morgan fingerprint density at radius 3 is 2.29 bits per heavy atom. The maximum Gasteiger partial charge on any atom is 0.154 e. The number of nitrogens with two attached hydrogens (primary N) is 1. The van der Waals surface area contributed by atoms with Crippen LogP contribution in [0, 0.1) is 0 Å². The van der Waals surface area contributed by atoms with E-state index < -0.39 is 9.84 Å². The van der Waals surface area contributed by atoms with Crippen molar-refractivity contribution in [2.75, 3.05) is 32.1 Å². The van der Waals surface area contributed by atoms with Crippen molar-refractivity contribution in [3.8, 4) is 0 Å². The molecule has 4 nitrogen and oxygen atoms in total. The number of nitrogen functional groups attached to an aromatic ring is 1. The van der Waals surface area contributed by atoms with Crippen LogP contribution >= 0.6 is 0 Å². The molecule has 0 amide bonds. The first-order valence-electron chi connectivity index (χ1n) is 5.58. The van der Waals surface area contributed by atoms with E-state index in [4.69, 9.17) is 5.73 Å². The molecule has 0 aliphatic carbocycles. The van der Waals surface area contributed by atoms with Crippen molar-refractivity contribution in [3.05, 3.63) is 29.8 Å². The summed E-state index contributed by atoms with van der Waals surface area (Å²) in [6, 6.07) is 6.98. The van der Waals surface area contributed by atoms with Gasteiger partial charge >= 0.3 is 0 Å². The van der Waals surface area contributed by atoms with Crippen molar-refractivity contribution in [1.29, 1.82) is 0 Å². The molecule has 0 saturated heterocycles. The number of hydrogen-bond acceptors (Lipinski definition) is 4. The van der Waals surface area contributed by atoms with Crippen molar-refractivity contribution < 1.29 is 8.42 Å². The summed E-state index contributed by atoms with van der Waals surface area (Å²) in [4.78, 5) is 1.98. The molecule has 1 aromatic carbocycles. The normalized spacial score (nSPS) is 11.9. The summed E-state index contributed by atoms with van der Waals surface area (Å²) in [5.74, 6) is 0.330. The summed E-state index contributed by atoms with van der Waals surface area (Å²) in [7, 11) is 0.864. The highest BCUT2D eigenvalue weighted by Gasteiger charge is 2.11. The molecule has 0 atom stereocenters. The van der Waals surface area contributed by atoms with Gasteiger partial charge in [0.05, 0.1) is 11.5 Å². The van der Waals surface area contributed by atoms with Gasteiger partial charge in [-0.15, -0.1) is 0 Å². The lowest BCUT2D eigenvalue weighted by atomic mass is 10.2. The minimum absolute atomic E-state index is 0.0979. The van der Waals surface area contributed by atoms with Crippen LogP contribution in [0.2, 0.25) is 0 Å². The molecule has 1 aromatic rings. The van der Waals surface area contributed by atoms with Gasteiger partial charge in [0.1, 0.15) is 0 Å². The zero-order valence-corrected chi connectivity index (χ0v) is 11.2. The molecule has 0 aromatic heterocycles. The fraction of sp³-hybridized carbons (Fsp3) is 0.500. The number of sulfone groups is 1. The molecule has 0 aliphatic heterocycles. The van der Waals surface area contributed by atoms with Crippen molar-refractivity contribution >= 4 is 15.5 Å². The van der Waals surface area contributed by atoms with E-state index in [0.29, 0.717) is 12.1 Å². The molecule has 1 rings (SSSR count). The lowest BCUT2D eigenvalue weighted by molar-refractivity contribution is 0.408. The van der Waals surface area contributed by atoms with E-state index in [1.807, 2.05) is 19.0 Å². The second kappa shape index (κ2) is 6.02. The van der Waals surface area contributed by atoms with Gasteiger partial charge in [0.2, 0.25) is 0 Å². The highest BCUT2D eigenvalue weighted by atomic mass is 32.2. The summed E-state index contributed by atoms with van der Waals surface area (Å²) < 4.78 is 23.6. The topological polar surface area (TPSA) is 63.4 Å². The van der Waals surface area contributed by atoms with Gasteiger partial charge in [0.25, 0.3) is 0 Å².